The number of hydrogen-bond donors (Lipinski definition) is 1. The second-order valence-corrected chi connectivity index (χ2v) is 8.74. The minimum Gasteiger partial charge on any atom is -0.476 e. The fraction of sp³-hybridized carbons (Fsp3) is 0.688. The number of primary sulfonamides is 1. The van der Waals surface area contributed by atoms with Crippen LogP contribution in [0.3, 0.4) is 0 Å². The number of sulfonamides is 1. The van der Waals surface area contributed by atoms with Crippen LogP contribution in [-0.2, 0) is 14.8 Å². The summed E-state index contributed by atoms with van der Waals surface area (Å²) in [4.78, 5) is 5.64. The van der Waals surface area contributed by atoms with Crippen molar-refractivity contribution in [1.29, 1.82) is 0 Å². The molecule has 0 amide bonds. The van der Waals surface area contributed by atoms with Crippen LogP contribution in [0.5, 0.6) is 5.88 Å². The number of rotatable bonds is 5. The van der Waals surface area contributed by atoms with Crippen molar-refractivity contribution >= 4 is 21.6 Å². The Hall–Kier alpha value is -1.00. The highest BCUT2D eigenvalue weighted by atomic mass is 35.5. The highest BCUT2D eigenvalue weighted by Crippen LogP contribution is 2.38. The molecule has 1 aliphatic carbocycles. The number of alkyl halides is 1. The summed E-state index contributed by atoms with van der Waals surface area (Å²) in [5.41, 5.74) is 0. The molecule has 0 spiro atoms. The van der Waals surface area contributed by atoms with E-state index in [4.69, 9.17) is 26.2 Å². The van der Waals surface area contributed by atoms with E-state index in [-0.39, 0.29) is 21.7 Å². The van der Waals surface area contributed by atoms with Crippen molar-refractivity contribution < 1.29 is 22.3 Å². The fourth-order valence-electron chi connectivity index (χ4n) is 3.43. The Balaban J connectivity index is 1.52. The van der Waals surface area contributed by atoms with Gasteiger partial charge in [0.25, 0.3) is 0 Å². The van der Waals surface area contributed by atoms with Gasteiger partial charge in [0.2, 0.25) is 15.9 Å². The Labute approximate surface area is 157 Å². The van der Waals surface area contributed by atoms with Crippen LogP contribution in [0.15, 0.2) is 17.2 Å². The van der Waals surface area contributed by atoms with E-state index in [0.717, 1.165) is 6.20 Å². The number of aromatic nitrogens is 1. The molecule has 0 aromatic carbocycles. The predicted octanol–water partition coefficient (Wildman–Crippen LogP) is 1.95. The molecule has 2 aliphatic rings. The van der Waals surface area contributed by atoms with Gasteiger partial charge in [-0.3, -0.25) is 4.90 Å². The second-order valence-electron chi connectivity index (χ2n) is 6.77. The summed E-state index contributed by atoms with van der Waals surface area (Å²) in [6.07, 6.45) is 3.46. The molecule has 146 valence electrons. The molecule has 10 heteroatoms. The first kappa shape index (κ1) is 19.8. The largest absolute Gasteiger partial charge is 0.476 e. The van der Waals surface area contributed by atoms with Crippen molar-refractivity contribution in [2.45, 2.75) is 36.4 Å². The number of nitrogens with zero attached hydrogens (tertiary/aromatic N) is 2. The molecule has 7 nitrogen and oxygen atoms in total. The van der Waals surface area contributed by atoms with Crippen molar-refractivity contribution in [3.8, 4) is 5.88 Å². The Morgan fingerprint density at radius 3 is 2.62 bits per heavy atom. The molecule has 1 saturated carbocycles. The molecule has 1 saturated heterocycles. The molecule has 0 radical (unpaired) electrons. The summed E-state index contributed by atoms with van der Waals surface area (Å²) in [5.74, 6) is -0.895. The first-order valence-corrected chi connectivity index (χ1v) is 10.5. The van der Waals surface area contributed by atoms with E-state index < -0.39 is 15.8 Å². The maximum absolute atomic E-state index is 15.1. The zero-order valence-corrected chi connectivity index (χ0v) is 15.9. The number of ether oxygens (including phenoxy) is 2. The van der Waals surface area contributed by atoms with Gasteiger partial charge in [-0.1, -0.05) is 11.6 Å². The molecule has 2 heterocycles. The highest BCUT2D eigenvalue weighted by Gasteiger charge is 2.41. The molecule has 2 N–H and O–H groups in total. The fourth-order valence-corrected chi connectivity index (χ4v) is 4.20. The third-order valence-electron chi connectivity index (χ3n) is 5.02. The standard InChI is InChI=1S/C16H23ClFN3O4S/c17-14-9-13(26(19,22)23)10-20-15(14)25-11-12-1-3-16(18,4-2-12)21-5-7-24-8-6-21/h9-10,12H,1-8,11H2,(H2,19,22,23). The Kier molecular flexibility index (Phi) is 6.03. The Morgan fingerprint density at radius 2 is 2.04 bits per heavy atom. The average molecular weight is 408 g/mol. The monoisotopic (exact) mass is 407 g/mol. The lowest BCUT2D eigenvalue weighted by Crippen LogP contribution is -2.52. The third kappa shape index (κ3) is 4.64. The van der Waals surface area contributed by atoms with Gasteiger partial charge in [-0.15, -0.1) is 0 Å². The topological polar surface area (TPSA) is 94.8 Å². The van der Waals surface area contributed by atoms with Crippen LogP contribution in [0.4, 0.5) is 4.39 Å². The van der Waals surface area contributed by atoms with Crippen LogP contribution < -0.4 is 9.88 Å². The van der Waals surface area contributed by atoms with Gasteiger partial charge in [0.15, 0.2) is 5.79 Å². The quantitative estimate of drug-likeness (QED) is 0.749. The zero-order chi connectivity index (χ0) is 18.8. The Bertz CT molecular complexity index is 735. The van der Waals surface area contributed by atoms with Crippen LogP contribution >= 0.6 is 11.6 Å². The molecule has 1 aromatic heterocycles. The molecule has 1 aliphatic heterocycles. The third-order valence-corrected chi connectivity index (χ3v) is 6.17. The molecule has 0 atom stereocenters. The minimum absolute atomic E-state index is 0.0838. The summed E-state index contributed by atoms with van der Waals surface area (Å²) in [6, 6.07) is 1.21. The number of morpholine rings is 1. The maximum Gasteiger partial charge on any atom is 0.239 e. The normalized spacial score (nSPS) is 28.0. The van der Waals surface area contributed by atoms with Gasteiger partial charge >= 0.3 is 0 Å². The number of halogens is 2. The summed E-state index contributed by atoms with van der Waals surface area (Å²) in [7, 11) is -3.86. The van der Waals surface area contributed by atoms with Gasteiger partial charge in [0.05, 0.1) is 26.0 Å². The number of hydrogen-bond acceptors (Lipinski definition) is 6. The lowest BCUT2D eigenvalue weighted by molar-refractivity contribution is -0.114. The van der Waals surface area contributed by atoms with Gasteiger partial charge in [0, 0.05) is 13.1 Å². The van der Waals surface area contributed by atoms with E-state index in [9.17, 15) is 8.42 Å². The van der Waals surface area contributed by atoms with Gasteiger partial charge in [-0.05, 0) is 37.7 Å². The van der Waals surface area contributed by atoms with Crippen LogP contribution in [-0.4, -0.2) is 57.0 Å². The molecular formula is C16H23ClFN3O4S. The van der Waals surface area contributed by atoms with E-state index in [1.165, 1.54) is 6.07 Å². The van der Waals surface area contributed by atoms with E-state index in [1.807, 2.05) is 4.90 Å². The summed E-state index contributed by atoms with van der Waals surface area (Å²) >= 11 is 6.01. The van der Waals surface area contributed by atoms with Crippen molar-refractivity contribution in [3.05, 3.63) is 17.3 Å². The molecule has 26 heavy (non-hydrogen) atoms. The molecule has 2 fully saturated rings. The van der Waals surface area contributed by atoms with Crippen LogP contribution in [0.2, 0.25) is 5.02 Å². The minimum atomic E-state index is -3.86. The van der Waals surface area contributed by atoms with Crippen LogP contribution in [0.1, 0.15) is 25.7 Å². The Morgan fingerprint density at radius 1 is 1.38 bits per heavy atom. The average Bonchev–Trinajstić information content (AvgIpc) is 2.62. The maximum atomic E-state index is 15.1. The van der Waals surface area contributed by atoms with E-state index in [1.54, 1.807) is 0 Å². The van der Waals surface area contributed by atoms with Crippen molar-refractivity contribution in [1.82, 2.24) is 9.88 Å². The lowest BCUT2D eigenvalue weighted by atomic mass is 9.84. The lowest BCUT2D eigenvalue weighted by Gasteiger charge is -2.43. The van der Waals surface area contributed by atoms with Gasteiger partial charge in [-0.2, -0.15) is 0 Å². The van der Waals surface area contributed by atoms with Crippen molar-refractivity contribution in [2.75, 3.05) is 32.9 Å². The smallest absolute Gasteiger partial charge is 0.239 e. The first-order chi connectivity index (χ1) is 12.3. The predicted molar refractivity (Wildman–Crippen MR) is 94.3 cm³/mol. The SMILES string of the molecule is NS(=O)(=O)c1cnc(OCC2CCC(F)(N3CCOCC3)CC2)c(Cl)c1. The van der Waals surface area contributed by atoms with E-state index >= 15 is 4.39 Å². The molecule has 3 rings (SSSR count). The van der Waals surface area contributed by atoms with Crippen LogP contribution in [0.25, 0.3) is 0 Å². The van der Waals surface area contributed by atoms with Gasteiger partial charge in [0.1, 0.15) is 9.92 Å². The van der Waals surface area contributed by atoms with Gasteiger partial charge in [-0.25, -0.2) is 22.9 Å². The molecular weight excluding hydrogens is 385 g/mol. The first-order valence-electron chi connectivity index (χ1n) is 8.61. The number of nitrogens with two attached hydrogens (primary N) is 1. The van der Waals surface area contributed by atoms with Crippen LogP contribution in [0, 0.1) is 5.92 Å². The summed E-state index contributed by atoms with van der Waals surface area (Å²) in [5, 5.41) is 5.12. The molecule has 0 bridgehead atoms. The van der Waals surface area contributed by atoms with Gasteiger partial charge < -0.3 is 9.47 Å². The number of pyridine rings is 1. The second kappa shape index (κ2) is 7.93. The van der Waals surface area contributed by atoms with E-state index in [0.29, 0.717) is 58.6 Å². The summed E-state index contributed by atoms with van der Waals surface area (Å²) in [6.45, 7) is 2.79. The van der Waals surface area contributed by atoms with Crippen molar-refractivity contribution in [3.63, 3.8) is 0 Å². The van der Waals surface area contributed by atoms with E-state index in [2.05, 4.69) is 4.98 Å². The zero-order valence-electron chi connectivity index (χ0n) is 14.4. The summed E-state index contributed by atoms with van der Waals surface area (Å²) < 4.78 is 48.6. The molecule has 1 aromatic rings. The van der Waals surface area contributed by atoms with Crippen molar-refractivity contribution in [2.24, 2.45) is 11.1 Å². The highest BCUT2D eigenvalue weighted by molar-refractivity contribution is 7.89. The molecule has 0 unspecified atom stereocenters.